The molecule has 1 aromatic carbocycles. The van der Waals surface area contributed by atoms with Gasteiger partial charge in [0.1, 0.15) is 5.75 Å². The number of hydrogen-bond donors (Lipinski definition) is 1. The molecule has 0 heterocycles. The Hall–Kier alpha value is -0.940. The molecule has 17 heavy (non-hydrogen) atoms. The minimum Gasteiger partial charge on any atom is -0.496 e. The Labute approximate surface area is 102 Å². The highest BCUT2D eigenvalue weighted by molar-refractivity contribution is 6.31. The number of methoxy groups -OCH3 is 1. The molecule has 0 aromatic heterocycles. The lowest BCUT2D eigenvalue weighted by molar-refractivity contribution is 0.0157. The fourth-order valence-corrected chi connectivity index (χ4v) is 1.74. The fourth-order valence-electron chi connectivity index (χ4n) is 1.45. The number of aliphatic hydroxyl groups is 1. The van der Waals surface area contributed by atoms with Crippen LogP contribution in [-0.2, 0) is 0 Å². The second-order valence-corrected chi connectivity index (χ2v) is 3.86. The number of ether oxygens (including phenoxy) is 1. The van der Waals surface area contributed by atoms with Crippen molar-refractivity contribution in [1.29, 1.82) is 0 Å². The lowest BCUT2D eigenvalue weighted by atomic mass is 10.0. The monoisotopic (exact) mass is 268 g/mol. The number of hydrogen-bond acceptors (Lipinski definition) is 2. The molecular formula is C11H12ClF3O2. The predicted molar refractivity (Wildman–Crippen MR) is 58.5 cm³/mol. The first-order chi connectivity index (χ1) is 7.97. The van der Waals surface area contributed by atoms with Gasteiger partial charge in [0.15, 0.2) is 6.17 Å². The first kappa shape index (κ1) is 14.1. The van der Waals surface area contributed by atoms with Gasteiger partial charge in [0.25, 0.3) is 6.43 Å². The van der Waals surface area contributed by atoms with E-state index in [-0.39, 0.29) is 16.3 Å². The SMILES string of the molecule is COc1cccc(Cl)c1C(O)CC(F)C(F)F. The lowest BCUT2D eigenvalue weighted by Crippen LogP contribution is -2.16. The fraction of sp³-hybridized carbons (Fsp3) is 0.455. The van der Waals surface area contributed by atoms with Crippen LogP contribution in [0.4, 0.5) is 13.2 Å². The molecule has 0 aliphatic heterocycles. The van der Waals surface area contributed by atoms with Gasteiger partial charge in [0, 0.05) is 12.0 Å². The molecule has 0 amide bonds. The third kappa shape index (κ3) is 3.51. The van der Waals surface area contributed by atoms with Crippen LogP contribution in [-0.4, -0.2) is 24.8 Å². The van der Waals surface area contributed by atoms with Gasteiger partial charge in [-0.25, -0.2) is 13.2 Å². The van der Waals surface area contributed by atoms with E-state index in [2.05, 4.69) is 0 Å². The Morgan fingerprint density at radius 3 is 2.53 bits per heavy atom. The molecule has 0 bridgehead atoms. The molecular weight excluding hydrogens is 257 g/mol. The summed E-state index contributed by atoms with van der Waals surface area (Å²) in [6.07, 6.45) is -7.68. The molecule has 1 rings (SSSR count). The number of alkyl halides is 3. The molecule has 1 aromatic rings. The van der Waals surface area contributed by atoms with Gasteiger partial charge in [-0.3, -0.25) is 0 Å². The van der Waals surface area contributed by atoms with Crippen LogP contribution in [0.2, 0.25) is 5.02 Å². The van der Waals surface area contributed by atoms with Gasteiger partial charge in [-0.1, -0.05) is 17.7 Å². The molecule has 1 N–H and O–H groups in total. The van der Waals surface area contributed by atoms with Gasteiger partial charge in [0.05, 0.1) is 18.2 Å². The van der Waals surface area contributed by atoms with Gasteiger partial charge < -0.3 is 9.84 Å². The van der Waals surface area contributed by atoms with E-state index in [1.165, 1.54) is 19.2 Å². The van der Waals surface area contributed by atoms with Gasteiger partial charge in [-0.15, -0.1) is 0 Å². The highest BCUT2D eigenvalue weighted by Gasteiger charge is 2.26. The van der Waals surface area contributed by atoms with E-state index >= 15 is 0 Å². The van der Waals surface area contributed by atoms with Crippen molar-refractivity contribution in [3.63, 3.8) is 0 Å². The number of benzene rings is 1. The van der Waals surface area contributed by atoms with Crippen molar-refractivity contribution in [3.8, 4) is 5.75 Å². The summed E-state index contributed by atoms with van der Waals surface area (Å²) in [5.74, 6) is 0.242. The molecule has 2 nitrogen and oxygen atoms in total. The quantitative estimate of drug-likeness (QED) is 0.887. The van der Waals surface area contributed by atoms with Crippen LogP contribution in [0.15, 0.2) is 18.2 Å². The zero-order chi connectivity index (χ0) is 13.0. The van der Waals surface area contributed by atoms with E-state index in [1.807, 2.05) is 0 Å². The molecule has 2 atom stereocenters. The van der Waals surface area contributed by atoms with Crippen molar-refractivity contribution in [2.75, 3.05) is 7.11 Å². The van der Waals surface area contributed by atoms with Crippen LogP contribution in [0.1, 0.15) is 18.1 Å². The standard InChI is InChI=1S/C11H12ClF3O2/c1-17-9-4-2-3-6(12)10(9)8(16)5-7(13)11(14)15/h2-4,7-8,11,16H,5H2,1H3. The number of rotatable bonds is 5. The zero-order valence-corrected chi connectivity index (χ0v) is 9.79. The molecule has 6 heteroatoms. The van der Waals surface area contributed by atoms with Gasteiger partial charge in [-0.05, 0) is 12.1 Å². The maximum Gasteiger partial charge on any atom is 0.269 e. The van der Waals surface area contributed by atoms with E-state index in [4.69, 9.17) is 16.3 Å². The highest BCUT2D eigenvalue weighted by atomic mass is 35.5. The normalized spacial score (nSPS) is 14.8. The first-order valence-corrected chi connectivity index (χ1v) is 5.27. The molecule has 0 spiro atoms. The molecule has 0 saturated heterocycles. The average molecular weight is 269 g/mol. The maximum atomic E-state index is 12.8. The van der Waals surface area contributed by atoms with Crippen molar-refractivity contribution >= 4 is 11.6 Å². The summed E-state index contributed by atoms with van der Waals surface area (Å²) in [7, 11) is 1.35. The first-order valence-electron chi connectivity index (χ1n) is 4.90. The minimum atomic E-state index is -3.13. The molecule has 0 fully saturated rings. The van der Waals surface area contributed by atoms with Gasteiger partial charge in [-0.2, -0.15) is 0 Å². The van der Waals surface area contributed by atoms with E-state index in [9.17, 15) is 18.3 Å². The third-order valence-electron chi connectivity index (χ3n) is 2.29. The second-order valence-electron chi connectivity index (χ2n) is 3.46. The van der Waals surface area contributed by atoms with Crippen molar-refractivity contribution in [2.24, 2.45) is 0 Å². The Morgan fingerprint density at radius 1 is 1.35 bits per heavy atom. The van der Waals surface area contributed by atoms with Crippen LogP contribution in [0, 0.1) is 0 Å². The maximum absolute atomic E-state index is 12.8. The average Bonchev–Trinajstić information content (AvgIpc) is 2.27. The summed E-state index contributed by atoms with van der Waals surface area (Å²) in [4.78, 5) is 0. The Kier molecular flexibility index (Phi) is 5.08. The summed E-state index contributed by atoms with van der Waals surface area (Å²) >= 11 is 5.82. The van der Waals surface area contributed by atoms with Crippen molar-refractivity contribution in [3.05, 3.63) is 28.8 Å². The highest BCUT2D eigenvalue weighted by Crippen LogP contribution is 2.35. The van der Waals surface area contributed by atoms with Crippen LogP contribution in [0.3, 0.4) is 0 Å². The molecule has 2 unspecified atom stereocenters. The Bertz CT molecular complexity index is 374. The topological polar surface area (TPSA) is 29.5 Å². The Morgan fingerprint density at radius 2 is 2.00 bits per heavy atom. The van der Waals surface area contributed by atoms with Crippen molar-refractivity contribution < 1.29 is 23.0 Å². The lowest BCUT2D eigenvalue weighted by Gasteiger charge is -2.17. The summed E-state index contributed by atoms with van der Waals surface area (Å²) in [5, 5.41) is 9.85. The molecule has 0 saturated carbocycles. The smallest absolute Gasteiger partial charge is 0.269 e. The molecule has 0 radical (unpaired) electrons. The third-order valence-corrected chi connectivity index (χ3v) is 2.62. The van der Waals surface area contributed by atoms with Crippen LogP contribution in [0.5, 0.6) is 5.75 Å². The predicted octanol–water partition coefficient (Wildman–Crippen LogP) is 3.38. The molecule has 0 aliphatic carbocycles. The zero-order valence-electron chi connectivity index (χ0n) is 9.04. The molecule has 0 aliphatic rings. The van der Waals surface area contributed by atoms with Crippen molar-refractivity contribution in [1.82, 2.24) is 0 Å². The van der Waals surface area contributed by atoms with Gasteiger partial charge >= 0.3 is 0 Å². The van der Waals surface area contributed by atoms with Crippen LogP contribution < -0.4 is 4.74 Å². The van der Waals surface area contributed by atoms with E-state index in [0.717, 1.165) is 0 Å². The molecule has 96 valence electrons. The summed E-state index contributed by atoms with van der Waals surface area (Å²) in [6.45, 7) is 0. The van der Waals surface area contributed by atoms with Crippen LogP contribution >= 0.6 is 11.6 Å². The Balaban J connectivity index is 2.91. The summed E-state index contributed by atoms with van der Waals surface area (Å²) in [5.41, 5.74) is 0.125. The largest absolute Gasteiger partial charge is 0.496 e. The number of aliphatic hydroxyl groups excluding tert-OH is 1. The van der Waals surface area contributed by atoms with Crippen molar-refractivity contribution in [2.45, 2.75) is 25.1 Å². The summed E-state index contributed by atoms with van der Waals surface area (Å²) < 4.78 is 41.8. The van der Waals surface area contributed by atoms with E-state index in [1.54, 1.807) is 6.07 Å². The van der Waals surface area contributed by atoms with Crippen LogP contribution in [0.25, 0.3) is 0 Å². The minimum absolute atomic E-state index is 0.125. The number of halogens is 4. The van der Waals surface area contributed by atoms with E-state index < -0.39 is 25.1 Å². The van der Waals surface area contributed by atoms with Gasteiger partial charge in [0.2, 0.25) is 0 Å². The second kappa shape index (κ2) is 6.12. The van der Waals surface area contributed by atoms with E-state index in [0.29, 0.717) is 0 Å². The summed E-state index contributed by atoms with van der Waals surface area (Å²) in [6, 6.07) is 4.57.